The molecule has 0 radical (unpaired) electrons. The van der Waals surface area contributed by atoms with E-state index in [1.807, 2.05) is 16.7 Å². The lowest BCUT2D eigenvalue weighted by Gasteiger charge is -2.07. The summed E-state index contributed by atoms with van der Waals surface area (Å²) in [5.74, 6) is -0.292. The molecule has 0 amide bonds. The molecule has 3 rings (SSSR count). The summed E-state index contributed by atoms with van der Waals surface area (Å²) in [5, 5.41) is 3.17. The van der Waals surface area contributed by atoms with Crippen molar-refractivity contribution in [2.45, 2.75) is 6.54 Å². The Morgan fingerprint density at radius 1 is 1.20 bits per heavy atom. The van der Waals surface area contributed by atoms with Crippen molar-refractivity contribution in [2.24, 2.45) is 0 Å². The van der Waals surface area contributed by atoms with Gasteiger partial charge in [-0.15, -0.1) is 0 Å². The summed E-state index contributed by atoms with van der Waals surface area (Å²) in [4.78, 5) is 8.38. The second-order valence-corrected chi connectivity index (χ2v) is 5.84. The van der Waals surface area contributed by atoms with E-state index < -0.39 is 0 Å². The van der Waals surface area contributed by atoms with E-state index in [4.69, 9.17) is 0 Å². The zero-order valence-corrected chi connectivity index (χ0v) is 13.3. The van der Waals surface area contributed by atoms with Gasteiger partial charge >= 0.3 is 0 Å². The first-order valence-corrected chi connectivity index (χ1v) is 7.38. The second-order valence-electron chi connectivity index (χ2n) is 4.17. The summed E-state index contributed by atoms with van der Waals surface area (Å²) in [6, 6.07) is 4.94. The van der Waals surface area contributed by atoms with E-state index in [0.29, 0.717) is 16.7 Å². The molecule has 4 nitrogen and oxygen atoms in total. The number of halogens is 3. The SMILES string of the molecule is Fc1cc(NCc2cnc3cnc(Br)cn23)ccc1Br. The Hall–Kier alpha value is -1.47. The Morgan fingerprint density at radius 3 is 2.85 bits per heavy atom. The van der Waals surface area contributed by atoms with Gasteiger partial charge in [-0.1, -0.05) is 0 Å². The van der Waals surface area contributed by atoms with Crippen molar-refractivity contribution in [2.75, 3.05) is 5.32 Å². The molecule has 0 aliphatic rings. The monoisotopic (exact) mass is 398 g/mol. The van der Waals surface area contributed by atoms with E-state index in [-0.39, 0.29) is 5.82 Å². The van der Waals surface area contributed by atoms with Crippen molar-refractivity contribution < 1.29 is 4.39 Å². The van der Waals surface area contributed by atoms with Crippen LogP contribution in [0.2, 0.25) is 0 Å². The van der Waals surface area contributed by atoms with Crippen molar-refractivity contribution in [1.82, 2.24) is 14.4 Å². The number of hydrogen-bond acceptors (Lipinski definition) is 3. The molecule has 0 saturated carbocycles. The fourth-order valence-corrected chi connectivity index (χ4v) is 2.40. The number of aromatic nitrogens is 3. The summed E-state index contributed by atoms with van der Waals surface area (Å²) in [6.45, 7) is 0.540. The highest BCUT2D eigenvalue weighted by Crippen LogP contribution is 2.20. The van der Waals surface area contributed by atoms with Crippen LogP contribution in [0.25, 0.3) is 5.65 Å². The van der Waals surface area contributed by atoms with Crippen molar-refractivity contribution in [1.29, 1.82) is 0 Å². The summed E-state index contributed by atoms with van der Waals surface area (Å²) in [5.41, 5.74) is 2.45. The molecule has 0 aliphatic heterocycles. The van der Waals surface area contributed by atoms with E-state index in [2.05, 4.69) is 47.1 Å². The number of nitrogens with one attached hydrogen (secondary N) is 1. The Morgan fingerprint density at radius 2 is 2.05 bits per heavy atom. The van der Waals surface area contributed by atoms with Crippen LogP contribution in [0.15, 0.2) is 45.9 Å². The van der Waals surface area contributed by atoms with E-state index in [1.165, 1.54) is 6.07 Å². The molecule has 0 saturated heterocycles. The number of hydrogen-bond donors (Lipinski definition) is 1. The number of benzene rings is 1. The molecule has 0 fully saturated rings. The first-order chi connectivity index (χ1) is 9.63. The topological polar surface area (TPSA) is 42.2 Å². The van der Waals surface area contributed by atoms with Gasteiger partial charge in [-0.2, -0.15) is 0 Å². The molecule has 2 aromatic heterocycles. The van der Waals surface area contributed by atoms with E-state index in [0.717, 1.165) is 15.9 Å². The smallest absolute Gasteiger partial charge is 0.155 e. The minimum absolute atomic E-state index is 0.292. The number of rotatable bonds is 3. The van der Waals surface area contributed by atoms with Gasteiger partial charge in [-0.25, -0.2) is 14.4 Å². The lowest BCUT2D eigenvalue weighted by molar-refractivity contribution is 0.621. The third kappa shape index (κ3) is 2.69. The van der Waals surface area contributed by atoms with Crippen LogP contribution < -0.4 is 5.32 Å². The van der Waals surface area contributed by atoms with Crippen LogP contribution in [0.4, 0.5) is 10.1 Å². The minimum Gasteiger partial charge on any atom is -0.379 e. The Balaban J connectivity index is 1.83. The summed E-state index contributed by atoms with van der Waals surface area (Å²) in [7, 11) is 0. The molecule has 0 aliphatic carbocycles. The molecular formula is C13H9Br2FN4. The van der Waals surface area contributed by atoms with Crippen LogP contribution in [-0.2, 0) is 6.54 Å². The van der Waals surface area contributed by atoms with Crippen LogP contribution in [0, 0.1) is 5.82 Å². The first kappa shape index (κ1) is 13.5. The molecule has 3 aromatic rings. The molecule has 20 heavy (non-hydrogen) atoms. The summed E-state index contributed by atoms with van der Waals surface area (Å²) < 4.78 is 16.5. The number of nitrogens with zero attached hydrogens (tertiary/aromatic N) is 3. The molecule has 0 unspecified atom stereocenters. The normalized spacial score (nSPS) is 10.9. The van der Waals surface area contributed by atoms with E-state index in [9.17, 15) is 4.39 Å². The van der Waals surface area contributed by atoms with Gasteiger partial charge in [0.15, 0.2) is 5.65 Å². The van der Waals surface area contributed by atoms with Crippen molar-refractivity contribution in [3.8, 4) is 0 Å². The molecule has 0 bridgehead atoms. The first-order valence-electron chi connectivity index (χ1n) is 5.80. The fraction of sp³-hybridized carbons (Fsp3) is 0.0769. The van der Waals surface area contributed by atoms with Crippen molar-refractivity contribution in [3.63, 3.8) is 0 Å². The van der Waals surface area contributed by atoms with Gasteiger partial charge in [-0.05, 0) is 50.1 Å². The van der Waals surface area contributed by atoms with Gasteiger partial charge < -0.3 is 5.32 Å². The van der Waals surface area contributed by atoms with Gasteiger partial charge in [-0.3, -0.25) is 4.40 Å². The maximum Gasteiger partial charge on any atom is 0.155 e. The summed E-state index contributed by atoms with van der Waals surface area (Å²) in [6.07, 6.45) is 5.31. The van der Waals surface area contributed by atoms with Gasteiger partial charge in [0.2, 0.25) is 0 Å². The minimum atomic E-state index is -0.292. The molecule has 1 aromatic carbocycles. The zero-order valence-electron chi connectivity index (χ0n) is 10.1. The quantitative estimate of drug-likeness (QED) is 0.723. The lowest BCUT2D eigenvalue weighted by atomic mass is 10.3. The predicted molar refractivity (Wildman–Crippen MR) is 82.1 cm³/mol. The standard InChI is InChI=1S/C13H9Br2FN4/c14-10-2-1-8(3-11(10)16)17-4-9-5-19-13-6-18-12(15)7-20(9)13/h1-3,5-7,17H,4H2. The number of imidazole rings is 1. The molecule has 1 N–H and O–H groups in total. The van der Waals surface area contributed by atoms with Gasteiger partial charge in [0.25, 0.3) is 0 Å². The maximum absolute atomic E-state index is 13.4. The highest BCUT2D eigenvalue weighted by atomic mass is 79.9. The second kappa shape index (κ2) is 5.49. The molecule has 0 atom stereocenters. The predicted octanol–water partition coefficient (Wildman–Crippen LogP) is 4.01. The van der Waals surface area contributed by atoms with Crippen LogP contribution in [0.5, 0.6) is 0 Å². The Bertz CT molecular complexity index is 772. The number of anilines is 1. The Kier molecular flexibility index (Phi) is 3.71. The highest BCUT2D eigenvalue weighted by Gasteiger charge is 2.05. The average molecular weight is 400 g/mol. The van der Waals surface area contributed by atoms with Gasteiger partial charge in [0, 0.05) is 11.9 Å². The fourth-order valence-electron chi connectivity index (χ4n) is 1.85. The maximum atomic E-state index is 13.4. The van der Waals surface area contributed by atoms with Crippen LogP contribution in [0.3, 0.4) is 0 Å². The molecule has 0 spiro atoms. The zero-order chi connectivity index (χ0) is 14.1. The molecule has 7 heteroatoms. The van der Waals surface area contributed by atoms with Crippen LogP contribution in [-0.4, -0.2) is 14.4 Å². The third-order valence-electron chi connectivity index (χ3n) is 2.83. The van der Waals surface area contributed by atoms with Gasteiger partial charge in [0.05, 0.1) is 29.1 Å². The van der Waals surface area contributed by atoms with E-state index >= 15 is 0 Å². The van der Waals surface area contributed by atoms with Crippen molar-refractivity contribution in [3.05, 3.63) is 57.4 Å². The largest absolute Gasteiger partial charge is 0.379 e. The highest BCUT2D eigenvalue weighted by molar-refractivity contribution is 9.10. The molecule has 2 heterocycles. The van der Waals surface area contributed by atoms with Gasteiger partial charge in [0.1, 0.15) is 10.4 Å². The molecular weight excluding hydrogens is 391 g/mol. The third-order valence-corrected chi connectivity index (χ3v) is 3.89. The van der Waals surface area contributed by atoms with E-state index in [1.54, 1.807) is 18.5 Å². The average Bonchev–Trinajstić information content (AvgIpc) is 2.82. The van der Waals surface area contributed by atoms with Crippen LogP contribution in [0.1, 0.15) is 5.69 Å². The van der Waals surface area contributed by atoms with Crippen LogP contribution >= 0.6 is 31.9 Å². The number of fused-ring (bicyclic) bond motifs is 1. The molecule has 102 valence electrons. The Labute approximate surface area is 131 Å². The summed E-state index contributed by atoms with van der Waals surface area (Å²) >= 11 is 6.46. The lowest BCUT2D eigenvalue weighted by Crippen LogP contribution is -2.03. The van der Waals surface area contributed by atoms with Crippen molar-refractivity contribution >= 4 is 43.2 Å².